The summed E-state index contributed by atoms with van der Waals surface area (Å²) in [4.78, 5) is 6.87. The molecule has 3 nitrogen and oxygen atoms in total. The summed E-state index contributed by atoms with van der Waals surface area (Å²) in [6.45, 7) is 8.38. The fourth-order valence-corrected chi connectivity index (χ4v) is 2.78. The van der Waals surface area contributed by atoms with Gasteiger partial charge in [0, 0.05) is 42.3 Å². The van der Waals surface area contributed by atoms with Crippen LogP contribution in [0.4, 0.5) is 5.69 Å². The molecule has 2 rings (SSSR count). The van der Waals surface area contributed by atoms with E-state index in [1.165, 1.54) is 24.1 Å². The maximum Gasteiger partial charge on any atom is 0.0448 e. The Labute approximate surface area is 104 Å². The number of nitrogens with zero attached hydrogens (tertiary/aromatic N) is 2. The molecular formula is C14H23N3. The van der Waals surface area contributed by atoms with Crippen LogP contribution in [-0.2, 0) is 6.54 Å². The Kier molecular flexibility index (Phi) is 3.67. The SMILES string of the molecule is Cc1cc(N2CCCC2C(C)C)c(CN)cn1. The minimum absolute atomic E-state index is 0.573. The zero-order valence-electron chi connectivity index (χ0n) is 11.1. The van der Waals surface area contributed by atoms with Crippen LogP contribution in [0.1, 0.15) is 37.9 Å². The van der Waals surface area contributed by atoms with Crippen LogP contribution >= 0.6 is 0 Å². The van der Waals surface area contributed by atoms with Crippen LogP contribution in [0.2, 0.25) is 0 Å². The lowest BCUT2D eigenvalue weighted by Gasteiger charge is -2.31. The third-order valence-electron chi connectivity index (χ3n) is 3.70. The molecule has 1 saturated heterocycles. The average Bonchev–Trinajstić information content (AvgIpc) is 2.77. The smallest absolute Gasteiger partial charge is 0.0448 e. The molecule has 1 aromatic rings. The summed E-state index contributed by atoms with van der Waals surface area (Å²) in [6, 6.07) is 2.84. The predicted octanol–water partition coefficient (Wildman–Crippen LogP) is 2.47. The highest BCUT2D eigenvalue weighted by Crippen LogP contribution is 2.32. The Bertz CT molecular complexity index is 387. The van der Waals surface area contributed by atoms with Crippen LogP contribution < -0.4 is 10.6 Å². The number of pyridine rings is 1. The molecule has 1 unspecified atom stereocenters. The Morgan fingerprint density at radius 3 is 2.94 bits per heavy atom. The van der Waals surface area contributed by atoms with E-state index in [0.717, 1.165) is 12.2 Å². The molecule has 1 aromatic heterocycles. The summed E-state index contributed by atoms with van der Waals surface area (Å²) in [5.41, 5.74) is 9.37. The summed E-state index contributed by atoms with van der Waals surface area (Å²) < 4.78 is 0. The van der Waals surface area contributed by atoms with E-state index >= 15 is 0 Å². The summed E-state index contributed by atoms with van der Waals surface area (Å²) in [5.74, 6) is 0.691. The van der Waals surface area contributed by atoms with Crippen molar-refractivity contribution in [3.63, 3.8) is 0 Å². The van der Waals surface area contributed by atoms with Crippen molar-refractivity contribution in [2.75, 3.05) is 11.4 Å². The van der Waals surface area contributed by atoms with Crippen molar-refractivity contribution < 1.29 is 0 Å². The summed E-state index contributed by atoms with van der Waals surface area (Å²) in [7, 11) is 0. The quantitative estimate of drug-likeness (QED) is 0.872. The average molecular weight is 233 g/mol. The molecule has 2 N–H and O–H groups in total. The molecule has 0 saturated carbocycles. The van der Waals surface area contributed by atoms with Crippen molar-refractivity contribution in [1.29, 1.82) is 0 Å². The Morgan fingerprint density at radius 2 is 2.29 bits per heavy atom. The molecule has 1 atom stereocenters. The maximum atomic E-state index is 5.82. The highest BCUT2D eigenvalue weighted by Gasteiger charge is 2.28. The zero-order valence-corrected chi connectivity index (χ0v) is 11.1. The van der Waals surface area contributed by atoms with Crippen molar-refractivity contribution in [3.05, 3.63) is 23.5 Å². The molecule has 0 radical (unpaired) electrons. The van der Waals surface area contributed by atoms with Crippen molar-refractivity contribution in [2.45, 2.75) is 46.2 Å². The van der Waals surface area contributed by atoms with Crippen LogP contribution in [-0.4, -0.2) is 17.6 Å². The molecule has 94 valence electrons. The predicted molar refractivity (Wildman–Crippen MR) is 72.1 cm³/mol. The largest absolute Gasteiger partial charge is 0.368 e. The number of hydrogen-bond acceptors (Lipinski definition) is 3. The van der Waals surface area contributed by atoms with Gasteiger partial charge in [0.05, 0.1) is 0 Å². The van der Waals surface area contributed by atoms with Gasteiger partial charge in [0.25, 0.3) is 0 Å². The van der Waals surface area contributed by atoms with Crippen molar-refractivity contribution in [3.8, 4) is 0 Å². The summed E-state index contributed by atoms with van der Waals surface area (Å²) in [6.07, 6.45) is 4.51. The number of anilines is 1. The first-order valence-electron chi connectivity index (χ1n) is 6.55. The van der Waals surface area contributed by atoms with E-state index in [9.17, 15) is 0 Å². The van der Waals surface area contributed by atoms with Crippen LogP contribution in [0.5, 0.6) is 0 Å². The first kappa shape index (κ1) is 12.4. The van der Waals surface area contributed by atoms with Gasteiger partial charge in [0.2, 0.25) is 0 Å². The Morgan fingerprint density at radius 1 is 1.53 bits per heavy atom. The van der Waals surface area contributed by atoms with Crippen LogP contribution in [0, 0.1) is 12.8 Å². The zero-order chi connectivity index (χ0) is 12.4. The second-order valence-electron chi connectivity index (χ2n) is 5.31. The number of hydrogen-bond donors (Lipinski definition) is 1. The van der Waals surface area contributed by atoms with Crippen LogP contribution in [0.3, 0.4) is 0 Å². The van der Waals surface area contributed by atoms with Crippen LogP contribution in [0.25, 0.3) is 0 Å². The lowest BCUT2D eigenvalue weighted by molar-refractivity contribution is 0.491. The molecule has 1 fully saturated rings. The first-order chi connectivity index (χ1) is 8.13. The van der Waals surface area contributed by atoms with Gasteiger partial charge in [-0.15, -0.1) is 0 Å². The molecular weight excluding hydrogens is 210 g/mol. The van der Waals surface area contributed by atoms with Gasteiger partial charge >= 0.3 is 0 Å². The van der Waals surface area contributed by atoms with Crippen LogP contribution in [0.15, 0.2) is 12.3 Å². The van der Waals surface area contributed by atoms with Gasteiger partial charge in [0.1, 0.15) is 0 Å². The normalized spacial score (nSPS) is 20.3. The molecule has 0 spiro atoms. The molecule has 1 aliphatic rings. The van der Waals surface area contributed by atoms with E-state index in [1.807, 2.05) is 13.1 Å². The lowest BCUT2D eigenvalue weighted by atomic mass is 10.0. The molecule has 17 heavy (non-hydrogen) atoms. The highest BCUT2D eigenvalue weighted by atomic mass is 15.2. The third kappa shape index (κ3) is 2.44. The first-order valence-corrected chi connectivity index (χ1v) is 6.55. The van der Waals surface area contributed by atoms with E-state index in [2.05, 4.69) is 29.8 Å². The van der Waals surface area contributed by atoms with Gasteiger partial charge in [-0.2, -0.15) is 0 Å². The molecule has 2 heterocycles. The fraction of sp³-hybridized carbons (Fsp3) is 0.643. The van der Waals surface area contributed by atoms with Gasteiger partial charge in [-0.05, 0) is 31.7 Å². The van der Waals surface area contributed by atoms with E-state index in [4.69, 9.17) is 5.73 Å². The molecule has 0 aliphatic carbocycles. The van der Waals surface area contributed by atoms with Crippen molar-refractivity contribution in [2.24, 2.45) is 11.7 Å². The number of aryl methyl sites for hydroxylation is 1. The fourth-order valence-electron chi connectivity index (χ4n) is 2.78. The number of aromatic nitrogens is 1. The van der Waals surface area contributed by atoms with Crippen molar-refractivity contribution in [1.82, 2.24) is 4.98 Å². The van der Waals surface area contributed by atoms with E-state index < -0.39 is 0 Å². The molecule has 1 aliphatic heterocycles. The Hall–Kier alpha value is -1.09. The van der Waals surface area contributed by atoms with E-state index in [0.29, 0.717) is 18.5 Å². The number of nitrogens with two attached hydrogens (primary N) is 1. The van der Waals surface area contributed by atoms with Crippen molar-refractivity contribution >= 4 is 5.69 Å². The molecule has 0 bridgehead atoms. The number of rotatable bonds is 3. The van der Waals surface area contributed by atoms with Gasteiger partial charge < -0.3 is 10.6 Å². The minimum Gasteiger partial charge on any atom is -0.368 e. The van der Waals surface area contributed by atoms with Gasteiger partial charge in [-0.3, -0.25) is 4.98 Å². The standard InChI is InChI=1S/C14H23N3/c1-10(2)13-5-4-6-17(13)14-7-11(3)16-9-12(14)8-15/h7,9-10,13H,4-6,8,15H2,1-3H3. The molecule has 0 amide bonds. The minimum atomic E-state index is 0.573. The van der Waals surface area contributed by atoms with Gasteiger partial charge in [-0.25, -0.2) is 0 Å². The third-order valence-corrected chi connectivity index (χ3v) is 3.70. The van der Waals surface area contributed by atoms with Gasteiger partial charge in [0.15, 0.2) is 0 Å². The maximum absolute atomic E-state index is 5.82. The second-order valence-corrected chi connectivity index (χ2v) is 5.31. The highest BCUT2D eigenvalue weighted by molar-refractivity contribution is 5.55. The summed E-state index contributed by atoms with van der Waals surface area (Å²) in [5, 5.41) is 0. The topological polar surface area (TPSA) is 42.1 Å². The van der Waals surface area contributed by atoms with Gasteiger partial charge in [-0.1, -0.05) is 13.8 Å². The lowest BCUT2D eigenvalue weighted by Crippen LogP contribution is -2.34. The molecule has 0 aromatic carbocycles. The second kappa shape index (κ2) is 5.05. The Balaban J connectivity index is 2.35. The monoisotopic (exact) mass is 233 g/mol. The van der Waals surface area contributed by atoms with E-state index in [-0.39, 0.29) is 0 Å². The summed E-state index contributed by atoms with van der Waals surface area (Å²) >= 11 is 0. The molecule has 3 heteroatoms. The van der Waals surface area contributed by atoms with E-state index in [1.54, 1.807) is 0 Å².